The molecule has 1 unspecified atom stereocenters. The molecule has 0 radical (unpaired) electrons. The number of anilines is 1. The number of carbonyl (C=O) groups is 2. The van der Waals surface area contributed by atoms with E-state index in [0.717, 1.165) is 47.8 Å². The van der Waals surface area contributed by atoms with Gasteiger partial charge in [-0.25, -0.2) is 18.4 Å². The van der Waals surface area contributed by atoms with Crippen molar-refractivity contribution in [3.63, 3.8) is 0 Å². The Balaban J connectivity index is 1.36. The van der Waals surface area contributed by atoms with Gasteiger partial charge < -0.3 is 15.0 Å². The maximum absolute atomic E-state index is 15.6. The van der Waals surface area contributed by atoms with Gasteiger partial charge in [0.1, 0.15) is 17.2 Å². The van der Waals surface area contributed by atoms with Crippen LogP contribution in [-0.2, 0) is 18.3 Å². The number of carbonyl (C=O) groups excluding carboxylic acids is 2. The smallest absolute Gasteiger partial charge is 0.279 e. The second-order valence-corrected chi connectivity index (χ2v) is 12.1. The maximum Gasteiger partial charge on any atom is 0.279 e. The Kier molecular flexibility index (Phi) is 8.82. The van der Waals surface area contributed by atoms with Gasteiger partial charge in [-0.1, -0.05) is 11.6 Å². The number of aryl methyl sites for hydroxylation is 2. The number of aromatic nitrogens is 3. The minimum absolute atomic E-state index is 0.0529. The number of piperazine rings is 1. The van der Waals surface area contributed by atoms with Crippen LogP contribution >= 0.6 is 11.6 Å². The number of methoxy groups -OCH3 is 1. The third-order valence-electron chi connectivity index (χ3n) is 9.05. The van der Waals surface area contributed by atoms with E-state index in [4.69, 9.17) is 21.3 Å². The number of pyridine rings is 1. The molecule has 2 aromatic carbocycles. The first-order valence-corrected chi connectivity index (χ1v) is 15.6. The molecule has 2 amide bonds. The summed E-state index contributed by atoms with van der Waals surface area (Å²) < 4.78 is 37.9. The van der Waals surface area contributed by atoms with Crippen LogP contribution in [0.5, 0.6) is 5.88 Å². The van der Waals surface area contributed by atoms with Crippen molar-refractivity contribution >= 4 is 29.1 Å². The number of amides is 2. The SMILES string of the molecule is COc1nc(-c2ccc(F)c(-c3c(F)ccc(NC(=O)c4ccnn(C)c4=O)c3C)c2Cl)cc2c1C(N1CCN(C(C)=O)CC1)CC2. The van der Waals surface area contributed by atoms with Crippen LogP contribution in [0.4, 0.5) is 14.5 Å². The molecule has 0 saturated carbocycles. The lowest BCUT2D eigenvalue weighted by Gasteiger charge is -2.38. The minimum atomic E-state index is -0.759. The molecule has 10 nitrogen and oxygen atoms in total. The molecule has 1 atom stereocenters. The van der Waals surface area contributed by atoms with Gasteiger partial charge >= 0.3 is 0 Å². The fraction of sp³-hybridized carbons (Fsp3) is 0.324. The van der Waals surface area contributed by atoms with Gasteiger partial charge in [-0.3, -0.25) is 19.3 Å². The first-order valence-electron chi connectivity index (χ1n) is 15.2. The van der Waals surface area contributed by atoms with E-state index in [9.17, 15) is 14.4 Å². The molecule has 6 rings (SSSR count). The molecule has 1 aliphatic heterocycles. The van der Waals surface area contributed by atoms with Crippen molar-refractivity contribution in [1.29, 1.82) is 0 Å². The first-order chi connectivity index (χ1) is 22.5. The highest BCUT2D eigenvalue weighted by atomic mass is 35.5. The molecule has 1 fully saturated rings. The summed E-state index contributed by atoms with van der Waals surface area (Å²) in [7, 11) is 2.97. The van der Waals surface area contributed by atoms with Crippen LogP contribution in [-0.4, -0.2) is 69.7 Å². The average Bonchev–Trinajstić information content (AvgIpc) is 3.49. The lowest BCUT2D eigenvalue weighted by Crippen LogP contribution is -2.48. The zero-order valence-corrected chi connectivity index (χ0v) is 27.1. The average molecular weight is 663 g/mol. The van der Waals surface area contributed by atoms with Crippen LogP contribution in [0.25, 0.3) is 22.4 Å². The topological polar surface area (TPSA) is 110 Å². The van der Waals surface area contributed by atoms with Crippen LogP contribution < -0.4 is 15.6 Å². The van der Waals surface area contributed by atoms with E-state index in [0.29, 0.717) is 30.2 Å². The number of fused-ring (bicyclic) bond motifs is 1. The number of benzene rings is 2. The normalized spacial score (nSPS) is 16.2. The molecule has 13 heteroatoms. The molecule has 1 aliphatic carbocycles. The summed E-state index contributed by atoms with van der Waals surface area (Å²) in [6.07, 6.45) is 2.94. The highest BCUT2D eigenvalue weighted by molar-refractivity contribution is 6.36. The van der Waals surface area contributed by atoms with E-state index in [1.54, 1.807) is 14.0 Å². The number of rotatable bonds is 6. The molecular formula is C34H33ClF2N6O4. The summed E-state index contributed by atoms with van der Waals surface area (Å²) in [6.45, 7) is 5.92. The molecule has 3 heterocycles. The fourth-order valence-corrected chi connectivity index (χ4v) is 6.90. The van der Waals surface area contributed by atoms with Gasteiger partial charge in [0.05, 0.1) is 17.8 Å². The van der Waals surface area contributed by atoms with Gasteiger partial charge in [0, 0.05) is 80.3 Å². The van der Waals surface area contributed by atoms with E-state index >= 15 is 8.78 Å². The Labute approximate surface area is 274 Å². The number of halogens is 3. The summed E-state index contributed by atoms with van der Waals surface area (Å²) in [4.78, 5) is 46.2. The molecule has 1 N–H and O–H groups in total. The second-order valence-electron chi connectivity index (χ2n) is 11.7. The quantitative estimate of drug-likeness (QED) is 0.304. The van der Waals surface area contributed by atoms with Crippen molar-refractivity contribution in [2.24, 2.45) is 7.05 Å². The Morgan fingerprint density at radius 2 is 1.74 bits per heavy atom. The molecule has 2 aromatic heterocycles. The van der Waals surface area contributed by atoms with E-state index < -0.39 is 23.1 Å². The molecule has 0 bridgehead atoms. The van der Waals surface area contributed by atoms with Crippen molar-refractivity contribution in [3.05, 3.63) is 91.9 Å². The maximum atomic E-state index is 15.6. The number of hydrogen-bond acceptors (Lipinski definition) is 7. The van der Waals surface area contributed by atoms with Crippen LogP contribution in [0.2, 0.25) is 5.02 Å². The summed E-state index contributed by atoms with van der Waals surface area (Å²) in [6, 6.07) is 8.44. The van der Waals surface area contributed by atoms with Gasteiger partial charge in [0.15, 0.2) is 0 Å². The minimum Gasteiger partial charge on any atom is -0.481 e. The molecule has 2 aliphatic rings. The van der Waals surface area contributed by atoms with Crippen molar-refractivity contribution in [2.45, 2.75) is 32.7 Å². The summed E-state index contributed by atoms with van der Waals surface area (Å²) in [5.74, 6) is -1.72. The molecule has 47 heavy (non-hydrogen) atoms. The monoisotopic (exact) mass is 662 g/mol. The summed E-state index contributed by atoms with van der Waals surface area (Å²) in [5.41, 5.74) is 2.17. The highest BCUT2D eigenvalue weighted by Crippen LogP contribution is 2.46. The molecular weight excluding hydrogens is 630 g/mol. The number of ether oxygens (including phenoxy) is 1. The lowest BCUT2D eigenvalue weighted by atomic mass is 9.94. The molecule has 1 saturated heterocycles. The standard InChI is InChI=1S/C34H33ClF2N6O4/c1-18-25(39-32(45)22-11-12-38-41(3)34(22)46)9-8-23(36)28(18)30-24(37)7-6-21(31(30)35)26-17-20-5-10-27(29(20)33(40-26)47-4)43-15-13-42(14-16-43)19(2)44/h6-9,11-12,17,27H,5,10,13-16H2,1-4H3,(H,39,45). The van der Waals surface area contributed by atoms with Gasteiger partial charge in [-0.2, -0.15) is 5.10 Å². The van der Waals surface area contributed by atoms with E-state index in [1.165, 1.54) is 44.4 Å². The highest BCUT2D eigenvalue weighted by Gasteiger charge is 2.35. The second kappa shape index (κ2) is 12.8. The van der Waals surface area contributed by atoms with Crippen molar-refractivity contribution < 1.29 is 23.1 Å². The Morgan fingerprint density at radius 1 is 1.04 bits per heavy atom. The number of nitrogens with one attached hydrogen (secondary N) is 1. The summed E-state index contributed by atoms with van der Waals surface area (Å²) >= 11 is 6.89. The third kappa shape index (κ3) is 5.87. The largest absolute Gasteiger partial charge is 0.481 e. The van der Waals surface area contributed by atoms with E-state index in [-0.39, 0.29) is 44.9 Å². The third-order valence-corrected chi connectivity index (χ3v) is 9.45. The fourth-order valence-electron chi connectivity index (χ4n) is 6.56. The number of nitrogens with zero attached hydrogens (tertiary/aromatic N) is 5. The lowest BCUT2D eigenvalue weighted by molar-refractivity contribution is -0.130. The van der Waals surface area contributed by atoms with Crippen molar-refractivity contribution in [2.75, 3.05) is 38.6 Å². The van der Waals surface area contributed by atoms with Gasteiger partial charge in [-0.05, 0) is 67.3 Å². The predicted molar refractivity (Wildman–Crippen MR) is 174 cm³/mol. The van der Waals surface area contributed by atoms with Gasteiger partial charge in [0.2, 0.25) is 11.8 Å². The predicted octanol–water partition coefficient (Wildman–Crippen LogP) is 5.16. The number of hydrogen-bond donors (Lipinski definition) is 1. The van der Waals surface area contributed by atoms with Crippen LogP contribution in [0.3, 0.4) is 0 Å². The zero-order chi connectivity index (χ0) is 33.6. The molecule has 0 spiro atoms. The summed E-state index contributed by atoms with van der Waals surface area (Å²) in [5, 5.41) is 6.40. The molecule has 244 valence electrons. The first kappa shape index (κ1) is 32.3. The zero-order valence-electron chi connectivity index (χ0n) is 26.4. The van der Waals surface area contributed by atoms with Gasteiger partial charge in [0.25, 0.3) is 11.5 Å². The van der Waals surface area contributed by atoms with Crippen LogP contribution in [0, 0.1) is 18.6 Å². The van der Waals surface area contributed by atoms with Gasteiger partial charge in [-0.15, -0.1) is 0 Å². The van der Waals surface area contributed by atoms with E-state index in [2.05, 4.69) is 15.3 Å². The Morgan fingerprint density at radius 3 is 2.45 bits per heavy atom. The van der Waals surface area contributed by atoms with Crippen LogP contribution in [0.1, 0.15) is 46.4 Å². The Hall–Kier alpha value is -4.68. The van der Waals surface area contributed by atoms with E-state index in [1.807, 2.05) is 11.0 Å². The Bertz CT molecular complexity index is 1980. The van der Waals surface area contributed by atoms with Crippen molar-refractivity contribution in [1.82, 2.24) is 24.6 Å². The van der Waals surface area contributed by atoms with Crippen LogP contribution in [0.15, 0.2) is 47.4 Å². The molecule has 4 aromatic rings. The van der Waals surface area contributed by atoms with Crippen molar-refractivity contribution in [3.8, 4) is 28.3 Å².